The Morgan fingerprint density at radius 1 is 1.10 bits per heavy atom. The molecule has 3 nitrogen and oxygen atoms in total. The van der Waals surface area contributed by atoms with Crippen LogP contribution in [-0.4, -0.2) is 25.2 Å². The lowest BCUT2D eigenvalue weighted by Gasteiger charge is -2.23. The lowest BCUT2D eigenvalue weighted by atomic mass is 10.0. The van der Waals surface area contributed by atoms with Crippen molar-refractivity contribution in [1.82, 2.24) is 5.32 Å². The molecular weight excluding hydrogens is 250 g/mol. The second-order valence-corrected chi connectivity index (χ2v) is 6.13. The highest BCUT2D eigenvalue weighted by atomic mass is 16.5. The maximum atomic E-state index is 11.9. The number of ether oxygens (including phenoxy) is 1. The van der Waals surface area contributed by atoms with Crippen molar-refractivity contribution in [2.45, 2.75) is 96.1 Å². The molecule has 1 unspecified atom stereocenters. The van der Waals surface area contributed by atoms with Crippen LogP contribution >= 0.6 is 0 Å². The summed E-state index contributed by atoms with van der Waals surface area (Å²) in [5.41, 5.74) is 0. The highest BCUT2D eigenvalue weighted by molar-refractivity contribution is 5.75. The van der Waals surface area contributed by atoms with E-state index in [0.717, 1.165) is 12.8 Å². The zero-order chi connectivity index (χ0) is 14.6. The van der Waals surface area contributed by atoms with Crippen molar-refractivity contribution in [3.8, 4) is 0 Å². The molecular formula is C17H33NO2. The predicted octanol–water partition coefficient (Wildman–Crippen LogP) is 4.20. The molecule has 0 heterocycles. The molecule has 1 rings (SSSR count). The summed E-state index contributed by atoms with van der Waals surface area (Å²) in [6.07, 6.45) is 14.8. The average Bonchev–Trinajstić information content (AvgIpc) is 2.73. The monoisotopic (exact) mass is 283 g/mol. The Bertz CT molecular complexity index is 247. The fourth-order valence-corrected chi connectivity index (χ4v) is 3.09. The Balaban J connectivity index is 2.32. The van der Waals surface area contributed by atoms with E-state index in [9.17, 15) is 4.79 Å². The van der Waals surface area contributed by atoms with E-state index in [4.69, 9.17) is 4.74 Å². The van der Waals surface area contributed by atoms with E-state index in [1.807, 2.05) is 0 Å². The first-order valence-corrected chi connectivity index (χ1v) is 8.61. The quantitative estimate of drug-likeness (QED) is 0.391. The number of rotatable bonds is 9. The molecule has 0 saturated heterocycles. The molecule has 1 N–H and O–H groups in total. The molecule has 1 fully saturated rings. The van der Waals surface area contributed by atoms with Crippen LogP contribution in [0.4, 0.5) is 0 Å². The zero-order valence-corrected chi connectivity index (χ0v) is 13.5. The highest BCUT2D eigenvalue weighted by Gasteiger charge is 2.22. The minimum Gasteiger partial charge on any atom is -0.468 e. The van der Waals surface area contributed by atoms with Gasteiger partial charge in [-0.2, -0.15) is 0 Å². The van der Waals surface area contributed by atoms with Crippen LogP contribution in [0, 0.1) is 0 Å². The first-order valence-electron chi connectivity index (χ1n) is 8.61. The van der Waals surface area contributed by atoms with Crippen molar-refractivity contribution in [2.75, 3.05) is 7.11 Å². The SMILES string of the molecule is CCCCCCCC(NC1CCCCCC1)C(=O)OC. The van der Waals surface area contributed by atoms with Crippen LogP contribution in [0.25, 0.3) is 0 Å². The molecule has 0 bridgehead atoms. The highest BCUT2D eigenvalue weighted by Crippen LogP contribution is 2.19. The van der Waals surface area contributed by atoms with Crippen molar-refractivity contribution >= 4 is 5.97 Å². The Morgan fingerprint density at radius 2 is 1.75 bits per heavy atom. The lowest BCUT2D eigenvalue weighted by molar-refractivity contribution is -0.143. The van der Waals surface area contributed by atoms with Gasteiger partial charge in [-0.1, -0.05) is 64.7 Å². The van der Waals surface area contributed by atoms with Crippen LogP contribution < -0.4 is 5.32 Å². The summed E-state index contributed by atoms with van der Waals surface area (Å²) < 4.78 is 4.96. The molecule has 0 aromatic heterocycles. The van der Waals surface area contributed by atoms with Crippen LogP contribution in [0.1, 0.15) is 84.0 Å². The van der Waals surface area contributed by atoms with Crippen molar-refractivity contribution in [2.24, 2.45) is 0 Å². The Kier molecular flexibility index (Phi) is 9.73. The van der Waals surface area contributed by atoms with Gasteiger partial charge in [-0.05, 0) is 19.3 Å². The average molecular weight is 283 g/mol. The summed E-state index contributed by atoms with van der Waals surface area (Å²) in [7, 11) is 1.50. The summed E-state index contributed by atoms with van der Waals surface area (Å²) in [5.74, 6) is -0.0789. The topological polar surface area (TPSA) is 38.3 Å². The lowest BCUT2D eigenvalue weighted by Crippen LogP contribution is -2.43. The van der Waals surface area contributed by atoms with E-state index in [2.05, 4.69) is 12.2 Å². The van der Waals surface area contributed by atoms with Gasteiger partial charge >= 0.3 is 5.97 Å². The molecule has 0 radical (unpaired) electrons. The van der Waals surface area contributed by atoms with Crippen LogP contribution in [0.3, 0.4) is 0 Å². The fourth-order valence-electron chi connectivity index (χ4n) is 3.09. The molecule has 118 valence electrons. The largest absolute Gasteiger partial charge is 0.468 e. The summed E-state index contributed by atoms with van der Waals surface area (Å²) in [6, 6.07) is 0.418. The first kappa shape index (κ1) is 17.5. The van der Waals surface area contributed by atoms with Gasteiger partial charge < -0.3 is 10.1 Å². The molecule has 0 amide bonds. The van der Waals surface area contributed by atoms with E-state index < -0.39 is 0 Å². The minimum atomic E-state index is -0.0928. The smallest absolute Gasteiger partial charge is 0.322 e. The third-order valence-electron chi connectivity index (χ3n) is 4.37. The number of carbonyl (C=O) groups is 1. The third kappa shape index (κ3) is 7.28. The van der Waals surface area contributed by atoms with Crippen LogP contribution in [-0.2, 0) is 9.53 Å². The summed E-state index contributed by atoms with van der Waals surface area (Å²) >= 11 is 0. The number of carbonyl (C=O) groups excluding carboxylic acids is 1. The minimum absolute atomic E-state index is 0.0789. The Hall–Kier alpha value is -0.570. The molecule has 1 saturated carbocycles. The normalized spacial score (nSPS) is 18.5. The van der Waals surface area contributed by atoms with Gasteiger partial charge in [-0.3, -0.25) is 4.79 Å². The number of unbranched alkanes of at least 4 members (excludes halogenated alkanes) is 4. The van der Waals surface area contributed by atoms with Crippen molar-refractivity contribution in [3.63, 3.8) is 0 Å². The second-order valence-electron chi connectivity index (χ2n) is 6.13. The number of esters is 1. The molecule has 0 aromatic carbocycles. The standard InChI is InChI=1S/C17H33NO2/c1-3-4-5-6-11-14-16(17(19)20-2)18-15-12-9-7-8-10-13-15/h15-16,18H,3-14H2,1-2H3. The Morgan fingerprint density at radius 3 is 2.35 bits per heavy atom. The van der Waals surface area contributed by atoms with Gasteiger partial charge in [0.05, 0.1) is 7.11 Å². The van der Waals surface area contributed by atoms with Gasteiger partial charge in [-0.25, -0.2) is 0 Å². The van der Waals surface area contributed by atoms with Gasteiger partial charge in [0.15, 0.2) is 0 Å². The third-order valence-corrected chi connectivity index (χ3v) is 4.37. The number of hydrogen-bond acceptors (Lipinski definition) is 3. The second kappa shape index (κ2) is 11.1. The summed E-state index contributed by atoms with van der Waals surface area (Å²) in [6.45, 7) is 2.23. The van der Waals surface area contributed by atoms with Crippen molar-refractivity contribution in [1.29, 1.82) is 0 Å². The Labute approximate surface area is 124 Å². The van der Waals surface area contributed by atoms with Gasteiger partial charge in [0, 0.05) is 6.04 Å². The van der Waals surface area contributed by atoms with E-state index in [-0.39, 0.29) is 12.0 Å². The number of hydrogen-bond donors (Lipinski definition) is 1. The van der Waals surface area contributed by atoms with Crippen LogP contribution in [0.5, 0.6) is 0 Å². The van der Waals surface area contributed by atoms with Gasteiger partial charge in [0.25, 0.3) is 0 Å². The number of nitrogens with one attached hydrogen (secondary N) is 1. The maximum absolute atomic E-state index is 11.9. The van der Waals surface area contributed by atoms with E-state index >= 15 is 0 Å². The van der Waals surface area contributed by atoms with Crippen LogP contribution in [0.15, 0.2) is 0 Å². The van der Waals surface area contributed by atoms with Crippen molar-refractivity contribution < 1.29 is 9.53 Å². The van der Waals surface area contributed by atoms with E-state index in [1.165, 1.54) is 71.3 Å². The van der Waals surface area contributed by atoms with E-state index in [0.29, 0.717) is 6.04 Å². The molecule has 3 heteroatoms. The van der Waals surface area contributed by atoms with E-state index in [1.54, 1.807) is 0 Å². The first-order chi connectivity index (χ1) is 9.77. The van der Waals surface area contributed by atoms with Gasteiger partial charge in [0.2, 0.25) is 0 Å². The molecule has 1 aliphatic rings. The molecule has 1 aliphatic carbocycles. The molecule has 1 atom stereocenters. The molecule has 0 aliphatic heterocycles. The fraction of sp³-hybridized carbons (Fsp3) is 0.941. The molecule has 0 aromatic rings. The summed E-state index contributed by atoms with van der Waals surface area (Å²) in [4.78, 5) is 11.9. The van der Waals surface area contributed by atoms with Crippen LogP contribution in [0.2, 0.25) is 0 Å². The predicted molar refractivity (Wildman–Crippen MR) is 83.8 cm³/mol. The van der Waals surface area contributed by atoms with Gasteiger partial charge in [-0.15, -0.1) is 0 Å². The van der Waals surface area contributed by atoms with Gasteiger partial charge in [0.1, 0.15) is 6.04 Å². The summed E-state index contributed by atoms with van der Waals surface area (Å²) in [5, 5.41) is 3.56. The molecule has 0 spiro atoms. The zero-order valence-electron chi connectivity index (χ0n) is 13.5. The molecule has 20 heavy (non-hydrogen) atoms. The number of methoxy groups -OCH3 is 1. The van der Waals surface area contributed by atoms with Crippen molar-refractivity contribution in [3.05, 3.63) is 0 Å². The maximum Gasteiger partial charge on any atom is 0.322 e.